The fourth-order valence-corrected chi connectivity index (χ4v) is 2.68. The Labute approximate surface area is 117 Å². The summed E-state index contributed by atoms with van der Waals surface area (Å²) >= 11 is 0. The summed E-state index contributed by atoms with van der Waals surface area (Å²) in [4.78, 5) is 3.81. The number of aryl methyl sites for hydroxylation is 1. The Morgan fingerprint density at radius 3 is 3.05 bits per heavy atom. The lowest BCUT2D eigenvalue weighted by molar-refractivity contribution is 0.304. The topological polar surface area (TPSA) is 34.1 Å². The van der Waals surface area contributed by atoms with Crippen molar-refractivity contribution in [3.8, 4) is 5.75 Å². The minimum Gasteiger partial charge on any atom is -0.489 e. The second-order valence-corrected chi connectivity index (χ2v) is 5.04. The van der Waals surface area contributed by atoms with Gasteiger partial charge in [-0.25, -0.2) is 4.39 Å². The van der Waals surface area contributed by atoms with Crippen LogP contribution in [0.25, 0.3) is 0 Å². The van der Waals surface area contributed by atoms with E-state index in [1.165, 1.54) is 23.4 Å². The van der Waals surface area contributed by atoms with Gasteiger partial charge >= 0.3 is 0 Å². The van der Waals surface area contributed by atoms with Gasteiger partial charge in [0.2, 0.25) is 0 Å². The molecule has 0 saturated carbocycles. The lowest BCUT2D eigenvalue weighted by Crippen LogP contribution is -2.12. The zero-order valence-electron chi connectivity index (χ0n) is 11.4. The highest BCUT2D eigenvalue weighted by Crippen LogP contribution is 2.33. The van der Waals surface area contributed by atoms with Gasteiger partial charge in [-0.3, -0.25) is 4.98 Å². The van der Waals surface area contributed by atoms with Gasteiger partial charge in [-0.2, -0.15) is 0 Å². The van der Waals surface area contributed by atoms with Crippen LogP contribution in [0.3, 0.4) is 0 Å². The van der Waals surface area contributed by atoms with Gasteiger partial charge in [0.25, 0.3) is 0 Å². The molecule has 2 aromatic rings. The Bertz CT molecular complexity index is 615. The minimum atomic E-state index is -0.336. The Morgan fingerprint density at radius 1 is 1.35 bits per heavy atom. The maximum absolute atomic E-state index is 13.0. The zero-order valence-corrected chi connectivity index (χ0v) is 11.4. The molecule has 1 aromatic heterocycles. The molecule has 0 aliphatic heterocycles. The molecule has 20 heavy (non-hydrogen) atoms. The third kappa shape index (κ3) is 2.65. The van der Waals surface area contributed by atoms with Crippen molar-refractivity contribution in [2.75, 3.05) is 7.05 Å². The number of halogens is 1. The van der Waals surface area contributed by atoms with Crippen molar-refractivity contribution in [3.05, 3.63) is 59.2 Å². The number of rotatable bonds is 4. The Kier molecular flexibility index (Phi) is 3.65. The SMILES string of the molecule is CNC1CCc2cc(OCc3cncc(F)c3)ccc21. The minimum absolute atomic E-state index is 0.332. The molecule has 0 bridgehead atoms. The summed E-state index contributed by atoms with van der Waals surface area (Å²) in [5.74, 6) is 0.488. The van der Waals surface area contributed by atoms with E-state index in [0.29, 0.717) is 12.6 Å². The Balaban J connectivity index is 1.70. The number of pyridine rings is 1. The normalized spacial score (nSPS) is 17.0. The van der Waals surface area contributed by atoms with Crippen molar-refractivity contribution in [2.24, 2.45) is 0 Å². The first-order valence-electron chi connectivity index (χ1n) is 6.78. The number of fused-ring (bicyclic) bond motifs is 1. The van der Waals surface area contributed by atoms with Gasteiger partial charge in [0.05, 0.1) is 6.20 Å². The standard InChI is InChI=1S/C16H17FN2O/c1-18-16-5-2-12-7-14(3-4-15(12)16)20-10-11-6-13(17)9-19-8-11/h3-4,6-9,16,18H,2,5,10H2,1H3. The number of hydrogen-bond acceptors (Lipinski definition) is 3. The van der Waals surface area contributed by atoms with E-state index in [-0.39, 0.29) is 5.82 Å². The highest BCUT2D eigenvalue weighted by atomic mass is 19.1. The van der Waals surface area contributed by atoms with Gasteiger partial charge < -0.3 is 10.1 Å². The number of aromatic nitrogens is 1. The average molecular weight is 272 g/mol. The number of benzene rings is 1. The lowest BCUT2D eigenvalue weighted by atomic mass is 10.1. The molecule has 1 atom stereocenters. The number of hydrogen-bond donors (Lipinski definition) is 1. The molecule has 0 saturated heterocycles. The molecule has 4 heteroatoms. The molecule has 1 heterocycles. The smallest absolute Gasteiger partial charge is 0.141 e. The van der Waals surface area contributed by atoms with Gasteiger partial charge in [-0.15, -0.1) is 0 Å². The molecule has 0 amide bonds. The summed E-state index contributed by atoms with van der Waals surface area (Å²) < 4.78 is 18.7. The fraction of sp³-hybridized carbons (Fsp3) is 0.312. The Hall–Kier alpha value is -1.94. The quantitative estimate of drug-likeness (QED) is 0.929. The summed E-state index contributed by atoms with van der Waals surface area (Å²) in [6, 6.07) is 8.06. The van der Waals surface area contributed by atoms with Gasteiger partial charge in [0, 0.05) is 17.8 Å². The highest BCUT2D eigenvalue weighted by molar-refractivity contribution is 5.40. The summed E-state index contributed by atoms with van der Waals surface area (Å²) in [6.45, 7) is 0.332. The summed E-state index contributed by atoms with van der Waals surface area (Å²) in [7, 11) is 1.99. The molecular weight excluding hydrogens is 255 g/mol. The highest BCUT2D eigenvalue weighted by Gasteiger charge is 2.20. The monoisotopic (exact) mass is 272 g/mol. The van der Waals surface area contributed by atoms with Gasteiger partial charge in [0.15, 0.2) is 0 Å². The van der Waals surface area contributed by atoms with Crippen LogP contribution in [0.1, 0.15) is 29.2 Å². The van der Waals surface area contributed by atoms with Crippen LogP contribution in [-0.2, 0) is 13.0 Å². The molecule has 0 spiro atoms. The van der Waals surface area contributed by atoms with Crippen LogP contribution in [0.15, 0.2) is 36.7 Å². The molecule has 0 radical (unpaired) electrons. The van der Waals surface area contributed by atoms with Crippen LogP contribution in [0, 0.1) is 5.82 Å². The molecular formula is C16H17FN2O. The van der Waals surface area contributed by atoms with Gasteiger partial charge in [0.1, 0.15) is 18.2 Å². The first-order chi connectivity index (χ1) is 9.76. The predicted octanol–water partition coefficient (Wildman–Crippen LogP) is 3.01. The number of nitrogens with zero attached hydrogens (tertiary/aromatic N) is 1. The molecule has 1 N–H and O–H groups in total. The van der Waals surface area contributed by atoms with Crippen LogP contribution in [0.2, 0.25) is 0 Å². The maximum atomic E-state index is 13.0. The Morgan fingerprint density at radius 2 is 2.25 bits per heavy atom. The summed E-state index contributed by atoms with van der Waals surface area (Å²) in [6.07, 6.45) is 5.01. The van der Waals surface area contributed by atoms with Crippen molar-refractivity contribution in [2.45, 2.75) is 25.5 Å². The van der Waals surface area contributed by atoms with E-state index in [9.17, 15) is 4.39 Å². The first-order valence-corrected chi connectivity index (χ1v) is 6.78. The van der Waals surface area contributed by atoms with Crippen LogP contribution >= 0.6 is 0 Å². The van der Waals surface area contributed by atoms with Crippen molar-refractivity contribution >= 4 is 0 Å². The van der Waals surface area contributed by atoms with Gasteiger partial charge in [-0.1, -0.05) is 6.07 Å². The van der Waals surface area contributed by atoms with E-state index in [1.807, 2.05) is 13.1 Å². The van der Waals surface area contributed by atoms with Crippen molar-refractivity contribution < 1.29 is 9.13 Å². The molecule has 1 unspecified atom stereocenters. The fourth-order valence-electron chi connectivity index (χ4n) is 2.68. The molecule has 1 aromatic carbocycles. The third-order valence-corrected chi connectivity index (χ3v) is 3.71. The van der Waals surface area contributed by atoms with E-state index < -0.39 is 0 Å². The van der Waals surface area contributed by atoms with E-state index in [4.69, 9.17) is 4.74 Å². The molecule has 1 aliphatic rings. The first kappa shape index (κ1) is 13.1. The number of nitrogens with one attached hydrogen (secondary N) is 1. The molecule has 3 rings (SSSR count). The largest absolute Gasteiger partial charge is 0.489 e. The second kappa shape index (κ2) is 5.59. The van der Waals surface area contributed by atoms with E-state index in [0.717, 1.165) is 24.2 Å². The lowest BCUT2D eigenvalue weighted by Gasteiger charge is -2.11. The molecule has 104 valence electrons. The van der Waals surface area contributed by atoms with Crippen molar-refractivity contribution in [1.82, 2.24) is 10.3 Å². The maximum Gasteiger partial charge on any atom is 0.141 e. The van der Waals surface area contributed by atoms with Crippen LogP contribution in [0.5, 0.6) is 5.75 Å². The van der Waals surface area contributed by atoms with E-state index >= 15 is 0 Å². The predicted molar refractivity (Wildman–Crippen MR) is 75.1 cm³/mol. The average Bonchev–Trinajstić information content (AvgIpc) is 2.87. The summed E-state index contributed by atoms with van der Waals surface area (Å²) in [5, 5.41) is 3.31. The van der Waals surface area contributed by atoms with E-state index in [2.05, 4.69) is 22.4 Å². The van der Waals surface area contributed by atoms with Gasteiger partial charge in [-0.05, 0) is 49.2 Å². The second-order valence-electron chi connectivity index (χ2n) is 5.04. The summed E-state index contributed by atoms with van der Waals surface area (Å²) in [5.41, 5.74) is 3.42. The molecule has 1 aliphatic carbocycles. The van der Waals surface area contributed by atoms with Crippen molar-refractivity contribution in [1.29, 1.82) is 0 Å². The number of ether oxygens (including phenoxy) is 1. The zero-order chi connectivity index (χ0) is 13.9. The van der Waals surface area contributed by atoms with Crippen LogP contribution < -0.4 is 10.1 Å². The molecule has 0 fully saturated rings. The third-order valence-electron chi connectivity index (χ3n) is 3.71. The molecule has 3 nitrogen and oxygen atoms in total. The van der Waals surface area contributed by atoms with Crippen LogP contribution in [-0.4, -0.2) is 12.0 Å². The van der Waals surface area contributed by atoms with E-state index in [1.54, 1.807) is 6.20 Å². The van der Waals surface area contributed by atoms with Crippen LogP contribution in [0.4, 0.5) is 4.39 Å². The van der Waals surface area contributed by atoms with Crippen molar-refractivity contribution in [3.63, 3.8) is 0 Å².